The van der Waals surface area contributed by atoms with Gasteiger partial charge in [0.1, 0.15) is 6.10 Å². The van der Waals surface area contributed by atoms with E-state index in [0.717, 1.165) is 17.7 Å². The molecule has 1 atom stereocenters. The highest BCUT2D eigenvalue weighted by molar-refractivity contribution is 5.95. The molecular formula is C15H13F2NO2. The third-order valence-corrected chi connectivity index (χ3v) is 2.87. The molecule has 2 N–H and O–H groups in total. The fraction of sp³-hybridized carbons (Fsp3) is 0.133. The number of ether oxygens (including phenoxy) is 1. The molecule has 0 amide bonds. The van der Waals surface area contributed by atoms with Gasteiger partial charge in [0.2, 0.25) is 0 Å². The van der Waals surface area contributed by atoms with Gasteiger partial charge in [-0.3, -0.25) is 0 Å². The lowest BCUT2D eigenvalue weighted by molar-refractivity contribution is 0.0338. The van der Waals surface area contributed by atoms with Gasteiger partial charge in [-0.2, -0.15) is 0 Å². The van der Waals surface area contributed by atoms with E-state index in [0.29, 0.717) is 0 Å². The van der Waals surface area contributed by atoms with Crippen molar-refractivity contribution in [3.05, 3.63) is 65.2 Å². The Labute approximate surface area is 115 Å². The Morgan fingerprint density at radius 1 is 1.15 bits per heavy atom. The second-order valence-electron chi connectivity index (χ2n) is 4.31. The summed E-state index contributed by atoms with van der Waals surface area (Å²) < 4.78 is 31.3. The van der Waals surface area contributed by atoms with E-state index < -0.39 is 23.7 Å². The van der Waals surface area contributed by atoms with Crippen LogP contribution in [0.25, 0.3) is 0 Å². The van der Waals surface area contributed by atoms with Gasteiger partial charge in [0, 0.05) is 11.8 Å². The number of hydrogen-bond acceptors (Lipinski definition) is 3. The van der Waals surface area contributed by atoms with E-state index in [1.165, 1.54) is 0 Å². The van der Waals surface area contributed by atoms with Gasteiger partial charge >= 0.3 is 5.97 Å². The summed E-state index contributed by atoms with van der Waals surface area (Å²) >= 11 is 0. The Bertz CT molecular complexity index is 629. The summed E-state index contributed by atoms with van der Waals surface area (Å²) in [7, 11) is 0. The first-order valence-electron chi connectivity index (χ1n) is 5.99. The van der Waals surface area contributed by atoms with E-state index >= 15 is 0 Å². The summed E-state index contributed by atoms with van der Waals surface area (Å²) in [4.78, 5) is 11.9. The first-order chi connectivity index (χ1) is 9.49. The fourth-order valence-electron chi connectivity index (χ4n) is 1.76. The van der Waals surface area contributed by atoms with Crippen molar-refractivity contribution in [1.82, 2.24) is 0 Å². The molecule has 2 aromatic carbocycles. The van der Waals surface area contributed by atoms with Crippen LogP contribution in [0.3, 0.4) is 0 Å². The second-order valence-corrected chi connectivity index (χ2v) is 4.31. The Morgan fingerprint density at radius 2 is 1.75 bits per heavy atom. The number of carbonyl (C=O) groups is 1. The molecular weight excluding hydrogens is 264 g/mol. The van der Waals surface area contributed by atoms with E-state index in [4.69, 9.17) is 10.5 Å². The van der Waals surface area contributed by atoms with E-state index in [-0.39, 0.29) is 11.3 Å². The third-order valence-electron chi connectivity index (χ3n) is 2.87. The first kappa shape index (κ1) is 14.0. The number of anilines is 1. The van der Waals surface area contributed by atoms with Gasteiger partial charge in [-0.25, -0.2) is 13.6 Å². The molecule has 0 radical (unpaired) electrons. The molecule has 5 heteroatoms. The van der Waals surface area contributed by atoms with Gasteiger partial charge in [0.05, 0.1) is 5.56 Å². The summed E-state index contributed by atoms with van der Waals surface area (Å²) in [6.07, 6.45) is -0.517. The zero-order valence-electron chi connectivity index (χ0n) is 10.8. The number of nitrogens with two attached hydrogens (primary N) is 1. The molecule has 2 rings (SSSR count). The van der Waals surface area contributed by atoms with Crippen molar-refractivity contribution in [2.75, 3.05) is 5.73 Å². The lowest BCUT2D eigenvalue weighted by Crippen LogP contribution is -2.12. The Morgan fingerprint density at radius 3 is 2.40 bits per heavy atom. The van der Waals surface area contributed by atoms with Crippen LogP contribution in [0.1, 0.15) is 28.9 Å². The highest BCUT2D eigenvalue weighted by Crippen LogP contribution is 2.22. The lowest BCUT2D eigenvalue weighted by atomic mass is 10.1. The number of benzene rings is 2. The minimum atomic E-state index is -1.14. The van der Waals surface area contributed by atoms with Crippen LogP contribution >= 0.6 is 0 Å². The average Bonchev–Trinajstić information content (AvgIpc) is 2.43. The van der Waals surface area contributed by atoms with Crippen LogP contribution in [-0.2, 0) is 4.74 Å². The standard InChI is InChI=1S/C15H13F2NO2/c1-9(10-5-3-2-4-6-10)20-15(19)11-7-12(16)13(17)8-14(11)18/h2-9H,18H2,1H3. The van der Waals surface area contributed by atoms with Crippen LogP contribution < -0.4 is 5.73 Å². The number of hydrogen-bond donors (Lipinski definition) is 1. The van der Waals surface area contributed by atoms with Crippen molar-refractivity contribution in [3.63, 3.8) is 0 Å². The second kappa shape index (κ2) is 5.69. The minimum Gasteiger partial charge on any atom is -0.454 e. The molecule has 2 aromatic rings. The molecule has 3 nitrogen and oxygen atoms in total. The molecule has 0 aliphatic rings. The van der Waals surface area contributed by atoms with Crippen LogP contribution in [0.2, 0.25) is 0 Å². The highest BCUT2D eigenvalue weighted by atomic mass is 19.2. The molecule has 0 saturated carbocycles. The normalized spacial score (nSPS) is 11.9. The van der Waals surface area contributed by atoms with Crippen molar-refractivity contribution in [2.24, 2.45) is 0 Å². The zero-order chi connectivity index (χ0) is 14.7. The largest absolute Gasteiger partial charge is 0.454 e. The Hall–Kier alpha value is -2.43. The maximum Gasteiger partial charge on any atom is 0.340 e. The summed E-state index contributed by atoms with van der Waals surface area (Å²) in [6, 6.07) is 10.6. The lowest BCUT2D eigenvalue weighted by Gasteiger charge is -2.14. The third kappa shape index (κ3) is 2.93. The topological polar surface area (TPSA) is 52.3 Å². The van der Waals surface area contributed by atoms with E-state index in [9.17, 15) is 13.6 Å². The molecule has 20 heavy (non-hydrogen) atoms. The molecule has 104 valence electrons. The minimum absolute atomic E-state index is 0.158. The molecule has 0 aromatic heterocycles. The van der Waals surface area contributed by atoms with Gasteiger partial charge in [-0.05, 0) is 18.6 Å². The van der Waals surface area contributed by atoms with E-state index in [2.05, 4.69) is 0 Å². The fourth-order valence-corrected chi connectivity index (χ4v) is 1.76. The molecule has 0 heterocycles. The van der Waals surface area contributed by atoms with Crippen LogP contribution in [0.5, 0.6) is 0 Å². The molecule has 0 aliphatic heterocycles. The van der Waals surface area contributed by atoms with E-state index in [1.807, 2.05) is 18.2 Å². The van der Waals surface area contributed by atoms with Crippen molar-refractivity contribution < 1.29 is 18.3 Å². The molecule has 0 aliphatic carbocycles. The van der Waals surface area contributed by atoms with Crippen LogP contribution in [-0.4, -0.2) is 5.97 Å². The number of halogens is 2. The molecule has 0 fully saturated rings. The average molecular weight is 277 g/mol. The van der Waals surface area contributed by atoms with Crippen molar-refractivity contribution in [2.45, 2.75) is 13.0 Å². The summed E-state index contributed by atoms with van der Waals surface area (Å²) in [6.45, 7) is 1.68. The van der Waals surface area contributed by atoms with Gasteiger partial charge < -0.3 is 10.5 Å². The number of esters is 1. The monoisotopic (exact) mass is 277 g/mol. The SMILES string of the molecule is CC(OC(=O)c1cc(F)c(F)cc1N)c1ccccc1. The van der Waals surface area contributed by atoms with Crippen molar-refractivity contribution in [3.8, 4) is 0 Å². The van der Waals surface area contributed by atoms with Crippen LogP contribution in [0.4, 0.5) is 14.5 Å². The summed E-state index contributed by atoms with van der Waals surface area (Å²) in [5, 5.41) is 0. The van der Waals surface area contributed by atoms with Gasteiger partial charge in [-0.1, -0.05) is 30.3 Å². The van der Waals surface area contributed by atoms with Crippen LogP contribution in [0.15, 0.2) is 42.5 Å². The smallest absolute Gasteiger partial charge is 0.340 e. The van der Waals surface area contributed by atoms with E-state index in [1.54, 1.807) is 19.1 Å². The van der Waals surface area contributed by atoms with Crippen molar-refractivity contribution >= 4 is 11.7 Å². The number of nitrogen functional groups attached to an aromatic ring is 1. The van der Waals surface area contributed by atoms with Gasteiger partial charge in [-0.15, -0.1) is 0 Å². The zero-order valence-corrected chi connectivity index (χ0v) is 10.8. The quantitative estimate of drug-likeness (QED) is 0.690. The van der Waals surface area contributed by atoms with Gasteiger partial charge in [0.15, 0.2) is 11.6 Å². The predicted molar refractivity (Wildman–Crippen MR) is 71.0 cm³/mol. The van der Waals surface area contributed by atoms with Crippen LogP contribution in [0, 0.1) is 11.6 Å². The maximum atomic E-state index is 13.1. The van der Waals surface area contributed by atoms with Gasteiger partial charge in [0.25, 0.3) is 0 Å². The molecule has 0 bridgehead atoms. The number of carbonyl (C=O) groups excluding carboxylic acids is 1. The first-order valence-corrected chi connectivity index (χ1v) is 5.99. The molecule has 0 spiro atoms. The Kier molecular flexibility index (Phi) is 3.98. The van der Waals surface area contributed by atoms with Crippen molar-refractivity contribution in [1.29, 1.82) is 0 Å². The maximum absolute atomic E-state index is 13.1. The Balaban J connectivity index is 2.19. The number of rotatable bonds is 3. The summed E-state index contributed by atoms with van der Waals surface area (Å²) in [5.41, 5.74) is 5.95. The summed E-state index contributed by atoms with van der Waals surface area (Å²) in [5.74, 6) is -3.04. The predicted octanol–water partition coefficient (Wildman–Crippen LogP) is 3.47. The molecule has 0 saturated heterocycles. The molecule has 1 unspecified atom stereocenters. The highest BCUT2D eigenvalue weighted by Gasteiger charge is 2.18.